The van der Waals surface area contributed by atoms with Crippen molar-refractivity contribution in [2.45, 2.75) is 18.3 Å². The van der Waals surface area contributed by atoms with Crippen LogP contribution in [-0.2, 0) is 0 Å². The molecule has 3 aliphatic rings. The van der Waals surface area contributed by atoms with Gasteiger partial charge < -0.3 is 10.4 Å². The smallest absolute Gasteiger partial charge is 0.124 e. The molecule has 0 spiro atoms. The van der Waals surface area contributed by atoms with Crippen molar-refractivity contribution in [3.8, 4) is 0 Å². The Morgan fingerprint density at radius 2 is 2.38 bits per heavy atom. The van der Waals surface area contributed by atoms with Crippen LogP contribution >= 0.6 is 0 Å². The Hall–Kier alpha value is -0.150. The molecule has 4 atom stereocenters. The molecule has 8 heavy (non-hydrogen) atoms. The monoisotopic (exact) mass is 117 g/mol. The maximum absolute atomic E-state index is 12.4. The van der Waals surface area contributed by atoms with Gasteiger partial charge in [-0.3, -0.25) is 0 Å². The number of hydrogen-bond donors (Lipinski definition) is 2. The Kier molecular flexibility index (Phi) is 0.718. The van der Waals surface area contributed by atoms with Gasteiger partial charge in [-0.25, -0.2) is 4.39 Å². The minimum atomic E-state index is -0.773. The Morgan fingerprint density at radius 1 is 1.62 bits per heavy atom. The van der Waals surface area contributed by atoms with Crippen LogP contribution in [0.5, 0.6) is 0 Å². The first-order valence-electron chi connectivity index (χ1n) is 2.86. The number of hydrogen-bond acceptors (Lipinski definition) is 2. The normalized spacial score (nSPS) is 60.8. The number of alkyl halides is 1. The molecule has 1 saturated carbocycles. The molecule has 2 heterocycles. The zero-order valence-corrected chi connectivity index (χ0v) is 4.34. The van der Waals surface area contributed by atoms with E-state index in [1.165, 1.54) is 0 Å². The number of fused-ring (bicyclic) bond motifs is 1. The van der Waals surface area contributed by atoms with E-state index in [9.17, 15) is 4.39 Å². The van der Waals surface area contributed by atoms with E-state index in [1.54, 1.807) is 0 Å². The average molecular weight is 117 g/mol. The molecule has 3 heteroatoms. The van der Waals surface area contributed by atoms with Gasteiger partial charge in [-0.2, -0.15) is 0 Å². The second-order valence-corrected chi connectivity index (χ2v) is 2.53. The Morgan fingerprint density at radius 3 is 2.50 bits per heavy atom. The highest BCUT2D eigenvalue weighted by atomic mass is 19.1. The number of aliphatic hydroxyl groups is 1. The Bertz CT molecular complexity index is 97.0. The third-order valence-electron chi connectivity index (χ3n) is 2.15. The van der Waals surface area contributed by atoms with Crippen molar-refractivity contribution in [1.29, 1.82) is 0 Å². The lowest BCUT2D eigenvalue weighted by molar-refractivity contribution is -0.0297. The van der Waals surface area contributed by atoms with Crippen molar-refractivity contribution >= 4 is 0 Å². The lowest BCUT2D eigenvalue weighted by Gasteiger charge is -2.33. The summed E-state index contributed by atoms with van der Waals surface area (Å²) in [7, 11) is 0. The zero-order valence-electron chi connectivity index (χ0n) is 4.34. The van der Waals surface area contributed by atoms with Crippen LogP contribution in [0, 0.1) is 5.92 Å². The van der Waals surface area contributed by atoms with E-state index in [-0.39, 0.29) is 12.0 Å². The summed E-state index contributed by atoms with van der Waals surface area (Å²) < 4.78 is 12.4. The summed E-state index contributed by atoms with van der Waals surface area (Å²) in [6, 6.07) is -0.236. The lowest BCUT2D eigenvalue weighted by Crippen LogP contribution is -2.53. The average Bonchev–Trinajstić information content (AvgIpc) is 2.26. The third-order valence-corrected chi connectivity index (χ3v) is 2.15. The SMILES string of the molecule is OC1C2CNC1C2F. The fourth-order valence-electron chi connectivity index (χ4n) is 1.50. The summed E-state index contributed by atoms with van der Waals surface area (Å²) in [5.41, 5.74) is 0. The van der Waals surface area contributed by atoms with Crippen molar-refractivity contribution in [1.82, 2.24) is 5.32 Å². The predicted octanol–water partition coefficient (Wildman–Crippen LogP) is -0.713. The van der Waals surface area contributed by atoms with E-state index >= 15 is 0 Å². The molecule has 2 saturated heterocycles. The number of halogens is 1. The largest absolute Gasteiger partial charge is 0.391 e. The first-order valence-corrected chi connectivity index (χ1v) is 2.86. The second kappa shape index (κ2) is 1.22. The van der Waals surface area contributed by atoms with E-state index in [2.05, 4.69) is 5.32 Å². The highest BCUT2D eigenvalue weighted by molar-refractivity contribution is 5.10. The van der Waals surface area contributed by atoms with Gasteiger partial charge in [0.2, 0.25) is 0 Å². The highest BCUT2D eigenvalue weighted by Gasteiger charge is 2.55. The van der Waals surface area contributed by atoms with E-state index in [4.69, 9.17) is 5.11 Å². The van der Waals surface area contributed by atoms with E-state index in [1.807, 2.05) is 0 Å². The van der Waals surface area contributed by atoms with Gasteiger partial charge in [0.15, 0.2) is 0 Å². The Balaban J connectivity index is 2.15. The van der Waals surface area contributed by atoms with Gasteiger partial charge in [0, 0.05) is 12.5 Å². The molecule has 2 bridgehead atoms. The maximum Gasteiger partial charge on any atom is 0.124 e. The quantitative estimate of drug-likeness (QED) is 0.439. The molecule has 3 fully saturated rings. The summed E-state index contributed by atoms with van der Waals surface area (Å²) in [5, 5.41) is 11.8. The predicted molar refractivity (Wildman–Crippen MR) is 26.2 cm³/mol. The third kappa shape index (κ3) is 0.317. The molecule has 0 aromatic carbocycles. The summed E-state index contributed by atoms with van der Waals surface area (Å²) in [5.74, 6) is -0.0972. The zero-order chi connectivity index (χ0) is 5.72. The van der Waals surface area contributed by atoms with Gasteiger partial charge in [-0.1, -0.05) is 0 Å². The van der Waals surface area contributed by atoms with Crippen molar-refractivity contribution in [3.05, 3.63) is 0 Å². The minimum absolute atomic E-state index is 0.0972. The highest BCUT2D eigenvalue weighted by Crippen LogP contribution is 2.36. The van der Waals surface area contributed by atoms with E-state index in [0.29, 0.717) is 6.54 Å². The van der Waals surface area contributed by atoms with Crippen LogP contribution in [0.15, 0.2) is 0 Å². The number of aliphatic hydroxyl groups excluding tert-OH is 1. The molecular weight excluding hydrogens is 109 g/mol. The minimum Gasteiger partial charge on any atom is -0.391 e. The second-order valence-electron chi connectivity index (χ2n) is 2.53. The molecule has 0 aromatic heterocycles. The van der Waals surface area contributed by atoms with Gasteiger partial charge in [-0.15, -0.1) is 0 Å². The molecule has 2 N–H and O–H groups in total. The number of rotatable bonds is 0. The van der Waals surface area contributed by atoms with Crippen molar-refractivity contribution in [3.63, 3.8) is 0 Å². The first-order chi connectivity index (χ1) is 3.80. The summed E-state index contributed by atoms with van der Waals surface area (Å²) in [6.07, 6.45) is -1.17. The maximum atomic E-state index is 12.4. The summed E-state index contributed by atoms with van der Waals surface area (Å²) in [6.45, 7) is 0.660. The molecular formula is C5H8FNO. The van der Waals surface area contributed by atoms with Crippen LogP contribution in [0.3, 0.4) is 0 Å². The molecule has 3 rings (SSSR count). The van der Waals surface area contributed by atoms with E-state index in [0.717, 1.165) is 0 Å². The van der Waals surface area contributed by atoms with Gasteiger partial charge in [0.25, 0.3) is 0 Å². The molecule has 2 aliphatic heterocycles. The molecule has 46 valence electrons. The fourth-order valence-corrected chi connectivity index (χ4v) is 1.50. The molecule has 0 amide bonds. The van der Waals surface area contributed by atoms with Gasteiger partial charge in [0.1, 0.15) is 6.17 Å². The van der Waals surface area contributed by atoms with Crippen LogP contribution in [-0.4, -0.2) is 30.0 Å². The molecule has 4 unspecified atom stereocenters. The first kappa shape index (κ1) is 4.70. The molecule has 0 aromatic rings. The van der Waals surface area contributed by atoms with Gasteiger partial charge >= 0.3 is 0 Å². The van der Waals surface area contributed by atoms with Gasteiger partial charge in [0.05, 0.1) is 12.1 Å². The van der Waals surface area contributed by atoms with Crippen LogP contribution < -0.4 is 5.32 Å². The van der Waals surface area contributed by atoms with Crippen molar-refractivity contribution in [2.24, 2.45) is 5.92 Å². The Labute approximate surface area is 46.7 Å². The standard InChI is InChI=1S/C5H8FNO/c6-3-2-1-7-4(3)5(2)8/h2-5,7-8H,1H2. The molecule has 1 aliphatic carbocycles. The van der Waals surface area contributed by atoms with E-state index < -0.39 is 12.3 Å². The van der Waals surface area contributed by atoms with Crippen LogP contribution in [0.25, 0.3) is 0 Å². The topological polar surface area (TPSA) is 32.3 Å². The van der Waals surface area contributed by atoms with Crippen molar-refractivity contribution < 1.29 is 9.50 Å². The fraction of sp³-hybridized carbons (Fsp3) is 1.00. The summed E-state index contributed by atoms with van der Waals surface area (Å²) >= 11 is 0. The lowest BCUT2D eigenvalue weighted by atomic mass is 9.81. The van der Waals surface area contributed by atoms with Crippen LogP contribution in [0.4, 0.5) is 4.39 Å². The van der Waals surface area contributed by atoms with Crippen molar-refractivity contribution in [2.75, 3.05) is 6.54 Å². The summed E-state index contributed by atoms with van der Waals surface area (Å²) in [4.78, 5) is 0. The van der Waals surface area contributed by atoms with Gasteiger partial charge in [-0.05, 0) is 0 Å². The van der Waals surface area contributed by atoms with Crippen LogP contribution in [0.2, 0.25) is 0 Å². The molecule has 0 radical (unpaired) electrons. The molecule has 2 nitrogen and oxygen atoms in total. The number of nitrogens with one attached hydrogen (secondary N) is 1. The van der Waals surface area contributed by atoms with Crippen LogP contribution in [0.1, 0.15) is 0 Å².